The van der Waals surface area contributed by atoms with Crippen molar-refractivity contribution >= 4 is 16.0 Å². The van der Waals surface area contributed by atoms with E-state index in [0.29, 0.717) is 18.0 Å². The monoisotopic (exact) mass is 309 g/mol. The highest BCUT2D eigenvalue weighted by Crippen LogP contribution is 2.60. The number of carbonyl (C=O) groups is 1. The maximum Gasteiger partial charge on any atom is 0.335 e. The zero-order valence-electron chi connectivity index (χ0n) is 11.9. The van der Waals surface area contributed by atoms with Gasteiger partial charge in [0.05, 0.1) is 10.5 Å². The van der Waals surface area contributed by atoms with E-state index in [9.17, 15) is 13.2 Å². The number of hydrogen-bond acceptors (Lipinski definition) is 3. The summed E-state index contributed by atoms with van der Waals surface area (Å²) in [6.45, 7) is 2.12. The van der Waals surface area contributed by atoms with Crippen LogP contribution in [0.15, 0.2) is 23.1 Å². The molecule has 21 heavy (non-hydrogen) atoms. The van der Waals surface area contributed by atoms with E-state index in [4.69, 9.17) is 5.11 Å². The van der Waals surface area contributed by atoms with E-state index in [1.165, 1.54) is 31.0 Å². The molecule has 2 aliphatic carbocycles. The average molecular weight is 309 g/mol. The van der Waals surface area contributed by atoms with Gasteiger partial charge in [0, 0.05) is 6.54 Å². The first-order valence-corrected chi connectivity index (χ1v) is 8.66. The molecule has 2 fully saturated rings. The first kappa shape index (κ1) is 14.5. The summed E-state index contributed by atoms with van der Waals surface area (Å²) in [4.78, 5) is 11.1. The zero-order chi connectivity index (χ0) is 15.3. The van der Waals surface area contributed by atoms with Crippen LogP contribution in [0.5, 0.6) is 0 Å². The minimum Gasteiger partial charge on any atom is -0.478 e. The number of hydrogen-bond donors (Lipinski definition) is 2. The van der Waals surface area contributed by atoms with Crippen molar-refractivity contribution < 1.29 is 18.3 Å². The lowest BCUT2D eigenvalue weighted by Crippen LogP contribution is -2.31. The van der Waals surface area contributed by atoms with Crippen LogP contribution in [0.2, 0.25) is 0 Å². The van der Waals surface area contributed by atoms with Crippen molar-refractivity contribution in [2.24, 2.45) is 11.3 Å². The number of carboxylic acids is 1. The molecule has 2 N–H and O–H groups in total. The molecule has 114 valence electrons. The van der Waals surface area contributed by atoms with Gasteiger partial charge in [0.1, 0.15) is 0 Å². The Morgan fingerprint density at radius 2 is 2.05 bits per heavy atom. The zero-order valence-corrected chi connectivity index (χ0v) is 12.7. The topological polar surface area (TPSA) is 83.5 Å². The lowest BCUT2D eigenvalue weighted by atomic mass is 10.0. The predicted molar refractivity (Wildman–Crippen MR) is 77.7 cm³/mol. The Morgan fingerprint density at radius 1 is 1.38 bits per heavy atom. The lowest BCUT2D eigenvalue weighted by Gasteiger charge is -2.15. The quantitative estimate of drug-likeness (QED) is 0.843. The van der Waals surface area contributed by atoms with Crippen LogP contribution < -0.4 is 4.72 Å². The molecular formula is C15H19NO4S. The second-order valence-electron chi connectivity index (χ2n) is 6.24. The van der Waals surface area contributed by atoms with Crippen molar-refractivity contribution in [3.8, 4) is 0 Å². The van der Waals surface area contributed by atoms with Gasteiger partial charge in [-0.25, -0.2) is 17.9 Å². The minimum atomic E-state index is -3.65. The van der Waals surface area contributed by atoms with Gasteiger partial charge in [0.25, 0.3) is 0 Å². The number of aromatic carboxylic acids is 1. The molecule has 5 nitrogen and oxygen atoms in total. The van der Waals surface area contributed by atoms with Crippen molar-refractivity contribution in [1.82, 2.24) is 4.72 Å². The van der Waals surface area contributed by atoms with Crippen LogP contribution in [0.4, 0.5) is 0 Å². The van der Waals surface area contributed by atoms with Crippen LogP contribution in [-0.2, 0) is 10.0 Å². The second kappa shape index (κ2) is 4.81. The molecule has 0 radical (unpaired) electrons. The molecule has 1 aromatic rings. The second-order valence-corrected chi connectivity index (χ2v) is 8.01. The SMILES string of the molecule is Cc1ccc(S(=O)(=O)NCC2(C3CC3)CC2)cc1C(=O)O. The van der Waals surface area contributed by atoms with E-state index in [2.05, 4.69) is 4.72 Å². The molecule has 0 unspecified atom stereocenters. The fourth-order valence-corrected chi connectivity index (χ4v) is 4.07. The van der Waals surface area contributed by atoms with Gasteiger partial charge in [-0.15, -0.1) is 0 Å². The standard InChI is InChI=1S/C15H19NO4S/c1-10-2-5-12(8-13(10)14(17)18)21(19,20)16-9-15(6-7-15)11-3-4-11/h2,5,8,11,16H,3-4,6-7,9H2,1H3,(H,17,18). The Morgan fingerprint density at radius 3 is 2.57 bits per heavy atom. The van der Waals surface area contributed by atoms with Crippen molar-refractivity contribution in [3.05, 3.63) is 29.3 Å². The highest BCUT2D eigenvalue weighted by Gasteiger charge is 2.53. The van der Waals surface area contributed by atoms with Gasteiger partial charge in [-0.1, -0.05) is 6.07 Å². The molecule has 1 aromatic carbocycles. The van der Waals surface area contributed by atoms with Crippen LogP contribution in [0.3, 0.4) is 0 Å². The maximum atomic E-state index is 12.3. The average Bonchev–Trinajstić information content (AvgIpc) is 3.27. The lowest BCUT2D eigenvalue weighted by molar-refractivity contribution is 0.0696. The van der Waals surface area contributed by atoms with Crippen LogP contribution >= 0.6 is 0 Å². The normalized spacial score (nSPS) is 20.2. The Bertz CT molecular complexity index is 688. The summed E-state index contributed by atoms with van der Waals surface area (Å²) in [5, 5.41) is 9.09. The maximum absolute atomic E-state index is 12.3. The summed E-state index contributed by atoms with van der Waals surface area (Å²) in [6.07, 6.45) is 4.59. The summed E-state index contributed by atoms with van der Waals surface area (Å²) in [5.74, 6) is -0.436. The molecule has 0 bridgehead atoms. The van der Waals surface area contributed by atoms with Gasteiger partial charge < -0.3 is 5.11 Å². The summed E-state index contributed by atoms with van der Waals surface area (Å²) in [7, 11) is -3.65. The number of benzene rings is 1. The number of carboxylic acid groups (broad SMARTS) is 1. The van der Waals surface area contributed by atoms with E-state index in [1.54, 1.807) is 6.92 Å². The van der Waals surface area contributed by atoms with Crippen LogP contribution in [0.25, 0.3) is 0 Å². The number of nitrogens with one attached hydrogen (secondary N) is 1. The van der Waals surface area contributed by atoms with Gasteiger partial charge in [0.15, 0.2) is 0 Å². The molecular weight excluding hydrogens is 290 g/mol. The van der Waals surface area contributed by atoms with E-state index < -0.39 is 16.0 Å². The van der Waals surface area contributed by atoms with Crippen LogP contribution in [0, 0.1) is 18.3 Å². The third-order valence-corrected chi connectivity index (χ3v) is 6.10. The van der Waals surface area contributed by atoms with E-state index in [1.807, 2.05) is 0 Å². The molecule has 0 heterocycles. The molecule has 6 heteroatoms. The molecule has 0 saturated heterocycles. The first-order valence-electron chi connectivity index (χ1n) is 7.18. The number of sulfonamides is 1. The molecule has 3 rings (SSSR count). The smallest absolute Gasteiger partial charge is 0.335 e. The van der Waals surface area contributed by atoms with Crippen molar-refractivity contribution in [2.75, 3.05) is 6.54 Å². The molecule has 0 aliphatic heterocycles. The van der Waals surface area contributed by atoms with Gasteiger partial charge in [0.2, 0.25) is 10.0 Å². The summed E-state index contributed by atoms with van der Waals surface area (Å²) in [5.41, 5.74) is 0.757. The third kappa shape index (κ3) is 2.82. The summed E-state index contributed by atoms with van der Waals surface area (Å²) < 4.78 is 27.3. The Kier molecular flexibility index (Phi) is 3.33. The highest BCUT2D eigenvalue weighted by atomic mass is 32.2. The Hall–Kier alpha value is -1.40. The molecule has 0 spiro atoms. The van der Waals surface area contributed by atoms with Gasteiger partial charge >= 0.3 is 5.97 Å². The summed E-state index contributed by atoms with van der Waals surface area (Å²) >= 11 is 0. The minimum absolute atomic E-state index is 0.0251. The number of rotatable bonds is 6. The summed E-state index contributed by atoms with van der Waals surface area (Å²) in [6, 6.07) is 4.23. The van der Waals surface area contributed by atoms with E-state index in [-0.39, 0.29) is 15.9 Å². The van der Waals surface area contributed by atoms with Crippen molar-refractivity contribution in [1.29, 1.82) is 0 Å². The predicted octanol–water partition coefficient (Wildman–Crippen LogP) is 2.16. The Labute approximate surface area is 124 Å². The number of aryl methyl sites for hydroxylation is 1. The van der Waals surface area contributed by atoms with Crippen molar-refractivity contribution in [2.45, 2.75) is 37.5 Å². The van der Waals surface area contributed by atoms with Crippen molar-refractivity contribution in [3.63, 3.8) is 0 Å². The molecule has 0 amide bonds. The van der Waals surface area contributed by atoms with Crippen LogP contribution in [-0.4, -0.2) is 26.0 Å². The highest BCUT2D eigenvalue weighted by molar-refractivity contribution is 7.89. The molecule has 2 saturated carbocycles. The van der Waals surface area contributed by atoms with Gasteiger partial charge in [-0.3, -0.25) is 0 Å². The fraction of sp³-hybridized carbons (Fsp3) is 0.533. The van der Waals surface area contributed by atoms with E-state index >= 15 is 0 Å². The molecule has 0 aromatic heterocycles. The van der Waals surface area contributed by atoms with E-state index in [0.717, 1.165) is 12.8 Å². The van der Waals surface area contributed by atoms with Crippen LogP contribution in [0.1, 0.15) is 41.6 Å². The largest absolute Gasteiger partial charge is 0.478 e. The molecule has 0 atom stereocenters. The Balaban J connectivity index is 1.78. The third-order valence-electron chi connectivity index (χ3n) is 4.70. The van der Waals surface area contributed by atoms with Gasteiger partial charge in [-0.05, 0) is 61.6 Å². The fourth-order valence-electron chi connectivity index (χ4n) is 2.91. The molecule has 2 aliphatic rings. The van der Waals surface area contributed by atoms with Gasteiger partial charge in [-0.2, -0.15) is 0 Å². The first-order chi connectivity index (χ1) is 9.84.